The maximum absolute atomic E-state index is 11.4. The summed E-state index contributed by atoms with van der Waals surface area (Å²) in [5.74, 6) is 0. The SMILES string of the molecule is O=P(O)(O)OC1C(OP(=O)(O)O)C(OP(=O)(O)O)C(OP(=O)(O)O)C(OP(=O)(O)O)C1OP(=O)(O)O.[Zn+2]. The van der Waals surface area contributed by atoms with Crippen LogP contribution in [0.1, 0.15) is 0 Å². The molecule has 0 bridgehead atoms. The van der Waals surface area contributed by atoms with Gasteiger partial charge in [0.1, 0.15) is 36.6 Å². The van der Waals surface area contributed by atoms with Gasteiger partial charge in [-0.05, 0) is 0 Å². The molecule has 0 unspecified atom stereocenters. The van der Waals surface area contributed by atoms with Crippen LogP contribution in [0.15, 0.2) is 0 Å². The van der Waals surface area contributed by atoms with Crippen molar-refractivity contribution in [3.8, 4) is 0 Å². The molecule has 0 heterocycles. The molecule has 24 nitrogen and oxygen atoms in total. The molecule has 0 aromatic rings. The zero-order chi connectivity index (χ0) is 28.7. The molecule has 1 aliphatic carbocycles. The molecule has 0 aromatic carbocycles. The van der Waals surface area contributed by atoms with Crippen LogP contribution < -0.4 is 0 Å². The third-order valence-corrected chi connectivity index (χ3v) is 6.61. The Kier molecular flexibility index (Phi) is 13.5. The first kappa shape index (κ1) is 38.3. The average molecular weight is 725 g/mol. The fraction of sp³-hybridized carbons (Fsp3) is 1.00. The van der Waals surface area contributed by atoms with Gasteiger partial charge in [-0.15, -0.1) is 0 Å². The zero-order valence-electron chi connectivity index (χ0n) is 17.1. The summed E-state index contributed by atoms with van der Waals surface area (Å²) in [6.45, 7) is 0. The first-order valence-corrected chi connectivity index (χ1v) is 17.2. The van der Waals surface area contributed by atoms with Gasteiger partial charge in [0, 0.05) is 0 Å². The molecule has 0 spiro atoms. The maximum Gasteiger partial charge on any atom is 2.00 e. The molecule has 0 saturated heterocycles. The first-order chi connectivity index (χ1) is 15.6. The van der Waals surface area contributed by atoms with Crippen LogP contribution in [0.3, 0.4) is 0 Å². The van der Waals surface area contributed by atoms with E-state index in [9.17, 15) is 27.4 Å². The van der Waals surface area contributed by atoms with Crippen molar-refractivity contribution in [1.82, 2.24) is 0 Å². The first-order valence-electron chi connectivity index (χ1n) is 8.01. The Morgan fingerprint density at radius 1 is 0.297 bits per heavy atom. The van der Waals surface area contributed by atoms with Crippen LogP contribution >= 0.6 is 46.9 Å². The topological polar surface area (TPSA) is 401 Å². The van der Waals surface area contributed by atoms with E-state index < -0.39 is 83.6 Å². The molecule has 0 aromatic heterocycles. The van der Waals surface area contributed by atoms with Gasteiger partial charge in [0.15, 0.2) is 0 Å². The van der Waals surface area contributed by atoms with E-state index in [1.165, 1.54) is 0 Å². The summed E-state index contributed by atoms with van der Waals surface area (Å²) in [7, 11) is -36.1. The van der Waals surface area contributed by atoms with Crippen molar-refractivity contribution in [2.24, 2.45) is 0 Å². The van der Waals surface area contributed by atoms with Gasteiger partial charge in [0.2, 0.25) is 0 Å². The summed E-state index contributed by atoms with van der Waals surface area (Å²) in [5.41, 5.74) is 0. The summed E-state index contributed by atoms with van der Waals surface area (Å²) < 4.78 is 93.1. The molecule has 37 heavy (non-hydrogen) atoms. The van der Waals surface area contributed by atoms with Crippen LogP contribution in [0.4, 0.5) is 0 Å². The van der Waals surface area contributed by atoms with Crippen molar-refractivity contribution >= 4 is 46.9 Å². The molecule has 1 fully saturated rings. The summed E-state index contributed by atoms with van der Waals surface area (Å²) in [5, 5.41) is 0. The fourth-order valence-electron chi connectivity index (χ4n) is 2.79. The van der Waals surface area contributed by atoms with Gasteiger partial charge in [-0.2, -0.15) is 0 Å². The van der Waals surface area contributed by atoms with Crippen molar-refractivity contribution in [3.63, 3.8) is 0 Å². The molecule has 1 rings (SSSR count). The molecule has 0 aliphatic heterocycles. The number of hydrogen-bond acceptors (Lipinski definition) is 12. The van der Waals surface area contributed by atoms with Crippen LogP contribution in [-0.2, 0) is 74.0 Å². The minimum atomic E-state index is -6.02. The van der Waals surface area contributed by atoms with Crippen LogP contribution in [0.2, 0.25) is 0 Å². The van der Waals surface area contributed by atoms with Gasteiger partial charge in [-0.25, -0.2) is 27.4 Å². The number of phosphoric ester groups is 6. The molecule has 0 amide bonds. The van der Waals surface area contributed by atoms with Crippen molar-refractivity contribution in [2.75, 3.05) is 0 Å². The smallest absolute Gasteiger partial charge is 0.303 e. The number of hydrogen-bond donors (Lipinski definition) is 12. The van der Waals surface area contributed by atoms with E-state index in [0.717, 1.165) is 0 Å². The van der Waals surface area contributed by atoms with Gasteiger partial charge in [0.05, 0.1) is 0 Å². The predicted octanol–water partition coefficient (Wildman–Crippen LogP) is -3.14. The van der Waals surface area contributed by atoms with E-state index in [-0.39, 0.29) is 19.5 Å². The molecule has 0 atom stereocenters. The molecule has 1 saturated carbocycles. The minimum absolute atomic E-state index is 0. The molecule has 12 N–H and O–H groups in total. The van der Waals surface area contributed by atoms with Crippen molar-refractivity contribution in [2.45, 2.75) is 36.6 Å². The van der Waals surface area contributed by atoms with Crippen LogP contribution in [-0.4, -0.2) is 95.3 Å². The van der Waals surface area contributed by atoms with Gasteiger partial charge in [-0.3, -0.25) is 27.1 Å². The molecule has 1 aliphatic rings. The summed E-state index contributed by atoms with van der Waals surface area (Å²) >= 11 is 0. The molecular weight excluding hydrogens is 707 g/mol. The van der Waals surface area contributed by atoms with E-state index in [1.807, 2.05) is 0 Å². The van der Waals surface area contributed by atoms with E-state index in [0.29, 0.717) is 0 Å². The third kappa shape index (κ3) is 15.2. The second-order valence-corrected chi connectivity index (χ2v) is 13.5. The Bertz CT molecular complexity index is 824. The second kappa shape index (κ2) is 13.1. The summed E-state index contributed by atoms with van der Waals surface area (Å²) in [6.07, 6.45) is -18.9. The maximum atomic E-state index is 11.4. The molecule has 0 radical (unpaired) electrons. The van der Waals surface area contributed by atoms with Gasteiger partial charge < -0.3 is 58.7 Å². The molecule has 216 valence electrons. The Morgan fingerprint density at radius 3 is 0.432 bits per heavy atom. The quantitative estimate of drug-likeness (QED) is 0.0698. The summed E-state index contributed by atoms with van der Waals surface area (Å²) in [6, 6.07) is 0. The van der Waals surface area contributed by atoms with Crippen molar-refractivity contribution in [3.05, 3.63) is 0 Å². The predicted molar refractivity (Wildman–Crippen MR) is 102 cm³/mol. The Morgan fingerprint density at radius 2 is 0.378 bits per heavy atom. The number of rotatable bonds is 12. The third-order valence-electron chi connectivity index (χ3n) is 3.50. The van der Waals surface area contributed by atoms with E-state index in [2.05, 4.69) is 27.1 Å². The van der Waals surface area contributed by atoms with Gasteiger partial charge in [0.25, 0.3) is 0 Å². The molecular formula is C6H18O24P6Zn+2. The Labute approximate surface area is 216 Å². The zero-order valence-corrected chi connectivity index (χ0v) is 25.5. The van der Waals surface area contributed by atoms with Crippen molar-refractivity contribution in [1.29, 1.82) is 0 Å². The Balaban J connectivity index is 0.0000130. The standard InChI is InChI=1S/C6H18O24P6.Zn/c7-31(8,9)25-1-2(26-32(10,11)12)4(28-34(16,17)18)6(30-36(22,23)24)5(29-35(19,20)21)3(1)27-33(13,14)15;/h1-6H,(H2,7,8,9)(H2,10,11,12)(H2,13,14,15)(H2,16,17,18)(H2,19,20,21)(H2,22,23,24);/q;+2. The summed E-state index contributed by atoms with van der Waals surface area (Å²) in [4.78, 5) is 110. The van der Waals surface area contributed by atoms with Crippen molar-refractivity contribution < 1.29 is 133 Å². The van der Waals surface area contributed by atoms with Crippen LogP contribution in [0, 0.1) is 0 Å². The fourth-order valence-corrected chi connectivity index (χ4v) is 6.14. The monoisotopic (exact) mass is 724 g/mol. The van der Waals surface area contributed by atoms with Gasteiger partial charge >= 0.3 is 66.4 Å². The van der Waals surface area contributed by atoms with E-state index >= 15 is 0 Å². The average Bonchev–Trinajstić information content (AvgIpc) is 2.51. The number of phosphoric acid groups is 6. The largest absolute Gasteiger partial charge is 2.00 e. The molecule has 31 heteroatoms. The van der Waals surface area contributed by atoms with E-state index in [1.54, 1.807) is 0 Å². The minimum Gasteiger partial charge on any atom is -0.303 e. The van der Waals surface area contributed by atoms with Gasteiger partial charge in [-0.1, -0.05) is 0 Å². The Hall–Kier alpha value is 1.28. The van der Waals surface area contributed by atoms with Crippen LogP contribution in [0.5, 0.6) is 0 Å². The van der Waals surface area contributed by atoms with Crippen LogP contribution in [0.25, 0.3) is 0 Å². The van der Waals surface area contributed by atoms with E-state index in [4.69, 9.17) is 58.7 Å². The normalized spacial score (nSPS) is 28.5. The second-order valence-electron chi connectivity index (χ2n) is 6.36.